The molecular weight excluding hydrogens is 219 g/mol. The molecule has 17 heavy (non-hydrogen) atoms. The van der Waals surface area contributed by atoms with Crippen LogP contribution in [0, 0.1) is 5.82 Å². The Morgan fingerprint density at radius 1 is 1.35 bits per heavy atom. The van der Waals surface area contributed by atoms with Gasteiger partial charge in [0.25, 0.3) is 0 Å². The van der Waals surface area contributed by atoms with Crippen molar-refractivity contribution < 1.29 is 9.18 Å². The lowest BCUT2D eigenvalue weighted by molar-refractivity contribution is 0.0842. The van der Waals surface area contributed by atoms with Crippen LogP contribution in [0.3, 0.4) is 0 Å². The standard InChI is InChI=1S/C13H13FN2O/c1-9(15-6-7-15)13(17)16-5-4-10-8-11(14)2-3-12(10)16/h2-5,8-9H,6-7H2,1H3. The molecule has 1 saturated heterocycles. The summed E-state index contributed by atoms with van der Waals surface area (Å²) in [7, 11) is 0. The van der Waals surface area contributed by atoms with E-state index in [1.165, 1.54) is 12.1 Å². The molecule has 0 bridgehead atoms. The first kappa shape index (κ1) is 10.5. The second-order valence-corrected chi connectivity index (χ2v) is 4.44. The summed E-state index contributed by atoms with van der Waals surface area (Å²) in [4.78, 5) is 14.3. The van der Waals surface area contributed by atoms with E-state index in [-0.39, 0.29) is 17.8 Å². The molecule has 3 rings (SSSR count). The Kier molecular flexibility index (Phi) is 2.26. The van der Waals surface area contributed by atoms with Gasteiger partial charge in [0.2, 0.25) is 5.91 Å². The van der Waals surface area contributed by atoms with Crippen molar-refractivity contribution in [3.05, 3.63) is 36.3 Å². The second kappa shape index (κ2) is 3.67. The maximum Gasteiger partial charge on any atom is 0.248 e. The summed E-state index contributed by atoms with van der Waals surface area (Å²) in [6, 6.07) is 6.15. The molecule has 3 nitrogen and oxygen atoms in total. The highest BCUT2D eigenvalue weighted by molar-refractivity contribution is 5.94. The van der Waals surface area contributed by atoms with Crippen LogP contribution >= 0.6 is 0 Å². The number of carbonyl (C=O) groups is 1. The Morgan fingerprint density at radius 3 is 2.82 bits per heavy atom. The van der Waals surface area contributed by atoms with E-state index in [1.807, 2.05) is 6.92 Å². The summed E-state index contributed by atoms with van der Waals surface area (Å²) in [5.41, 5.74) is 0.769. The fourth-order valence-corrected chi connectivity index (χ4v) is 2.11. The number of hydrogen-bond donors (Lipinski definition) is 0. The molecular formula is C13H13FN2O. The third-order valence-corrected chi connectivity index (χ3v) is 3.28. The Morgan fingerprint density at radius 2 is 2.12 bits per heavy atom. The van der Waals surface area contributed by atoms with Gasteiger partial charge in [-0.25, -0.2) is 4.39 Å². The summed E-state index contributed by atoms with van der Waals surface area (Å²) < 4.78 is 14.7. The van der Waals surface area contributed by atoms with E-state index in [9.17, 15) is 9.18 Å². The Bertz CT molecular complexity index is 586. The average molecular weight is 232 g/mol. The lowest BCUT2D eigenvalue weighted by Gasteiger charge is -2.12. The number of nitrogens with zero attached hydrogens (tertiary/aromatic N) is 2. The zero-order chi connectivity index (χ0) is 12.0. The Hall–Kier alpha value is -1.68. The number of rotatable bonds is 2. The van der Waals surface area contributed by atoms with E-state index in [2.05, 4.69) is 4.90 Å². The average Bonchev–Trinajstić information content (AvgIpc) is 3.08. The van der Waals surface area contributed by atoms with E-state index in [0.717, 1.165) is 24.0 Å². The highest BCUT2D eigenvalue weighted by Gasteiger charge is 2.30. The minimum absolute atomic E-state index is 0.0455. The van der Waals surface area contributed by atoms with E-state index in [4.69, 9.17) is 0 Å². The van der Waals surface area contributed by atoms with E-state index >= 15 is 0 Å². The monoisotopic (exact) mass is 232 g/mol. The third-order valence-electron chi connectivity index (χ3n) is 3.28. The Balaban J connectivity index is 2.02. The quantitative estimate of drug-likeness (QED) is 0.741. The van der Waals surface area contributed by atoms with Crippen LogP contribution in [0.4, 0.5) is 4.39 Å². The van der Waals surface area contributed by atoms with Crippen molar-refractivity contribution in [2.75, 3.05) is 13.1 Å². The van der Waals surface area contributed by atoms with Crippen molar-refractivity contribution in [3.8, 4) is 0 Å². The summed E-state index contributed by atoms with van der Waals surface area (Å²) in [5.74, 6) is -0.231. The van der Waals surface area contributed by atoms with Crippen molar-refractivity contribution in [3.63, 3.8) is 0 Å². The maximum absolute atomic E-state index is 13.0. The largest absolute Gasteiger partial charge is 0.290 e. The van der Waals surface area contributed by atoms with Gasteiger partial charge in [0.1, 0.15) is 5.82 Å². The highest BCUT2D eigenvalue weighted by Crippen LogP contribution is 2.19. The predicted molar refractivity (Wildman–Crippen MR) is 63.6 cm³/mol. The van der Waals surface area contributed by atoms with Gasteiger partial charge in [-0.3, -0.25) is 14.3 Å². The molecule has 0 spiro atoms. The fourth-order valence-electron chi connectivity index (χ4n) is 2.11. The zero-order valence-corrected chi connectivity index (χ0v) is 9.56. The van der Waals surface area contributed by atoms with E-state index < -0.39 is 0 Å². The molecule has 1 aromatic heterocycles. The lowest BCUT2D eigenvalue weighted by atomic mass is 10.2. The van der Waals surface area contributed by atoms with Crippen molar-refractivity contribution >= 4 is 16.8 Å². The molecule has 0 saturated carbocycles. The van der Waals surface area contributed by atoms with Crippen LogP contribution in [0.2, 0.25) is 0 Å². The van der Waals surface area contributed by atoms with Crippen LogP contribution in [0.5, 0.6) is 0 Å². The smallest absolute Gasteiger partial charge is 0.248 e. The van der Waals surface area contributed by atoms with Crippen LogP contribution < -0.4 is 0 Å². The SMILES string of the molecule is CC(C(=O)n1ccc2cc(F)ccc21)N1CC1. The first-order valence-electron chi connectivity index (χ1n) is 5.72. The minimum atomic E-state index is -0.276. The van der Waals surface area contributed by atoms with Gasteiger partial charge in [-0.05, 0) is 31.2 Å². The van der Waals surface area contributed by atoms with Gasteiger partial charge >= 0.3 is 0 Å². The minimum Gasteiger partial charge on any atom is -0.290 e. The van der Waals surface area contributed by atoms with Crippen LogP contribution in [0.1, 0.15) is 11.7 Å². The lowest BCUT2D eigenvalue weighted by Crippen LogP contribution is -2.30. The van der Waals surface area contributed by atoms with Gasteiger partial charge in [-0.15, -0.1) is 0 Å². The molecule has 2 aromatic rings. The second-order valence-electron chi connectivity index (χ2n) is 4.44. The molecule has 1 aliphatic rings. The summed E-state index contributed by atoms with van der Waals surface area (Å²) in [5, 5.41) is 0.761. The molecule has 0 N–H and O–H groups in total. The molecule has 0 amide bonds. The normalized spacial score (nSPS) is 17.3. The molecule has 2 heterocycles. The summed E-state index contributed by atoms with van der Waals surface area (Å²) in [6.45, 7) is 3.88. The molecule has 1 aromatic carbocycles. The van der Waals surface area contributed by atoms with Gasteiger partial charge in [-0.2, -0.15) is 0 Å². The number of fused-ring (bicyclic) bond motifs is 1. The maximum atomic E-state index is 13.0. The van der Waals surface area contributed by atoms with E-state index in [0.29, 0.717) is 0 Å². The molecule has 1 atom stereocenters. The molecule has 1 unspecified atom stereocenters. The number of hydrogen-bond acceptors (Lipinski definition) is 2. The van der Waals surface area contributed by atoms with Crippen molar-refractivity contribution in [1.29, 1.82) is 0 Å². The van der Waals surface area contributed by atoms with Crippen molar-refractivity contribution in [2.45, 2.75) is 13.0 Å². The van der Waals surface area contributed by atoms with Gasteiger partial charge in [-0.1, -0.05) is 0 Å². The van der Waals surface area contributed by atoms with Crippen LogP contribution in [0.25, 0.3) is 10.9 Å². The molecule has 0 radical (unpaired) electrons. The Labute approximate surface area is 98.4 Å². The van der Waals surface area contributed by atoms with Crippen molar-refractivity contribution in [1.82, 2.24) is 9.47 Å². The van der Waals surface area contributed by atoms with Crippen molar-refractivity contribution in [2.24, 2.45) is 0 Å². The molecule has 1 aliphatic heterocycles. The van der Waals surface area contributed by atoms with Gasteiger partial charge < -0.3 is 0 Å². The first-order chi connectivity index (χ1) is 8.16. The molecule has 88 valence electrons. The van der Waals surface area contributed by atoms with Gasteiger partial charge in [0.05, 0.1) is 11.6 Å². The molecule has 0 aliphatic carbocycles. The highest BCUT2D eigenvalue weighted by atomic mass is 19.1. The van der Waals surface area contributed by atoms with Crippen LogP contribution in [-0.4, -0.2) is 34.5 Å². The van der Waals surface area contributed by atoms with Gasteiger partial charge in [0.15, 0.2) is 0 Å². The van der Waals surface area contributed by atoms with Gasteiger partial charge in [0, 0.05) is 24.7 Å². The topological polar surface area (TPSA) is 25.0 Å². The summed E-state index contributed by atoms with van der Waals surface area (Å²) >= 11 is 0. The number of halogens is 1. The summed E-state index contributed by atoms with van der Waals surface area (Å²) in [6.07, 6.45) is 1.71. The predicted octanol–water partition coefficient (Wildman–Crippen LogP) is 2.12. The molecule has 4 heteroatoms. The molecule has 1 fully saturated rings. The number of benzene rings is 1. The number of carbonyl (C=O) groups excluding carboxylic acids is 1. The number of aromatic nitrogens is 1. The zero-order valence-electron chi connectivity index (χ0n) is 9.56. The third kappa shape index (κ3) is 1.74. The fraction of sp³-hybridized carbons (Fsp3) is 0.308. The van der Waals surface area contributed by atoms with E-state index in [1.54, 1.807) is 22.9 Å². The first-order valence-corrected chi connectivity index (χ1v) is 5.72. The van der Waals surface area contributed by atoms with Crippen LogP contribution in [-0.2, 0) is 0 Å². The van der Waals surface area contributed by atoms with Crippen LogP contribution in [0.15, 0.2) is 30.5 Å².